The molecule has 2 N–H and O–H groups in total. The van der Waals surface area contributed by atoms with Gasteiger partial charge in [-0.05, 0) is 67.4 Å². The molecular formula is C21H17N3O5S. The number of carboxylic acids is 1. The van der Waals surface area contributed by atoms with Crippen LogP contribution in [0.4, 0.5) is 5.69 Å². The standard InChI is InChI=1S/C21H17N3O5S/c1-13-5-6-15(21(25)26)11-19(13)30(27,28)24-18-8-7-17(10-14(18)2)29-20-16(12-22)4-3-9-23-20/h3-11,24H,1-2H3,(H,25,26). The van der Waals surface area contributed by atoms with Crippen LogP contribution in [0.15, 0.2) is 59.6 Å². The molecule has 1 heterocycles. The van der Waals surface area contributed by atoms with Crippen LogP contribution in [0.3, 0.4) is 0 Å². The third-order valence-corrected chi connectivity index (χ3v) is 5.78. The Bertz CT molecular complexity index is 1280. The monoisotopic (exact) mass is 423 g/mol. The third kappa shape index (κ3) is 4.39. The number of anilines is 1. The van der Waals surface area contributed by atoms with Crippen molar-refractivity contribution in [3.05, 3.63) is 77.0 Å². The molecule has 3 rings (SSSR count). The summed E-state index contributed by atoms with van der Waals surface area (Å²) in [4.78, 5) is 15.1. The molecule has 0 fully saturated rings. The number of carbonyl (C=O) groups is 1. The molecule has 0 saturated carbocycles. The van der Waals surface area contributed by atoms with Gasteiger partial charge in [0.2, 0.25) is 5.88 Å². The van der Waals surface area contributed by atoms with Crippen molar-refractivity contribution < 1.29 is 23.1 Å². The van der Waals surface area contributed by atoms with Gasteiger partial charge in [0.05, 0.1) is 16.1 Å². The highest BCUT2D eigenvalue weighted by Crippen LogP contribution is 2.28. The van der Waals surface area contributed by atoms with E-state index in [1.807, 2.05) is 6.07 Å². The van der Waals surface area contributed by atoms with E-state index in [1.54, 1.807) is 38.1 Å². The molecule has 9 heteroatoms. The molecule has 0 aliphatic heterocycles. The average molecular weight is 423 g/mol. The lowest BCUT2D eigenvalue weighted by molar-refractivity contribution is 0.0696. The maximum absolute atomic E-state index is 12.8. The van der Waals surface area contributed by atoms with E-state index in [-0.39, 0.29) is 21.9 Å². The molecule has 2 aromatic carbocycles. The van der Waals surface area contributed by atoms with Crippen molar-refractivity contribution in [2.24, 2.45) is 0 Å². The summed E-state index contributed by atoms with van der Waals surface area (Å²) in [6.07, 6.45) is 1.50. The quantitative estimate of drug-likeness (QED) is 0.616. The van der Waals surface area contributed by atoms with Crippen molar-refractivity contribution in [3.63, 3.8) is 0 Å². The summed E-state index contributed by atoms with van der Waals surface area (Å²) >= 11 is 0. The van der Waals surface area contributed by atoms with Crippen LogP contribution in [0.2, 0.25) is 0 Å². The number of benzene rings is 2. The molecule has 152 valence electrons. The molecule has 0 unspecified atom stereocenters. The molecule has 0 saturated heterocycles. The molecule has 1 aromatic heterocycles. The lowest BCUT2D eigenvalue weighted by Crippen LogP contribution is -2.16. The third-order valence-electron chi connectivity index (χ3n) is 4.27. The molecule has 0 radical (unpaired) electrons. The Balaban J connectivity index is 1.88. The molecule has 0 spiro atoms. The van der Waals surface area contributed by atoms with Crippen LogP contribution in [-0.4, -0.2) is 24.5 Å². The summed E-state index contributed by atoms with van der Waals surface area (Å²) in [6.45, 7) is 3.28. The summed E-state index contributed by atoms with van der Waals surface area (Å²) in [6, 6.07) is 13.8. The average Bonchev–Trinajstić information content (AvgIpc) is 2.70. The van der Waals surface area contributed by atoms with Crippen LogP contribution in [0.1, 0.15) is 27.0 Å². The van der Waals surface area contributed by atoms with E-state index in [0.717, 1.165) is 6.07 Å². The molecule has 0 aliphatic rings. The van der Waals surface area contributed by atoms with Gasteiger partial charge in [0, 0.05) is 6.20 Å². The van der Waals surface area contributed by atoms with Gasteiger partial charge in [-0.3, -0.25) is 4.72 Å². The Morgan fingerprint density at radius 2 is 1.90 bits per heavy atom. The molecule has 0 bridgehead atoms. The first-order chi connectivity index (χ1) is 14.2. The topological polar surface area (TPSA) is 129 Å². The number of nitrogens with one attached hydrogen (secondary N) is 1. The van der Waals surface area contributed by atoms with Crippen molar-refractivity contribution in [3.8, 4) is 17.7 Å². The first-order valence-corrected chi connectivity index (χ1v) is 10.2. The zero-order valence-electron chi connectivity index (χ0n) is 16.1. The highest BCUT2D eigenvalue weighted by Gasteiger charge is 2.20. The summed E-state index contributed by atoms with van der Waals surface area (Å²) in [5, 5.41) is 18.3. The van der Waals surface area contributed by atoms with Crippen molar-refractivity contribution in [2.75, 3.05) is 4.72 Å². The number of rotatable bonds is 6. The van der Waals surface area contributed by atoms with Gasteiger partial charge in [-0.25, -0.2) is 18.2 Å². The second-order valence-electron chi connectivity index (χ2n) is 6.44. The van der Waals surface area contributed by atoms with Crippen molar-refractivity contribution >= 4 is 21.7 Å². The lowest BCUT2D eigenvalue weighted by Gasteiger charge is -2.14. The van der Waals surface area contributed by atoms with E-state index in [2.05, 4.69) is 9.71 Å². The number of carboxylic acid groups (broad SMARTS) is 1. The molecule has 30 heavy (non-hydrogen) atoms. The number of nitrogens with zero attached hydrogens (tertiary/aromatic N) is 2. The van der Waals surface area contributed by atoms with Gasteiger partial charge >= 0.3 is 5.97 Å². The summed E-state index contributed by atoms with van der Waals surface area (Å²) in [5.74, 6) is -0.682. The second-order valence-corrected chi connectivity index (χ2v) is 8.09. The number of nitriles is 1. The van der Waals surface area contributed by atoms with E-state index >= 15 is 0 Å². The zero-order chi connectivity index (χ0) is 21.9. The highest BCUT2D eigenvalue weighted by molar-refractivity contribution is 7.92. The first-order valence-electron chi connectivity index (χ1n) is 8.71. The van der Waals surface area contributed by atoms with Gasteiger partial charge in [-0.1, -0.05) is 6.07 Å². The maximum atomic E-state index is 12.8. The number of aryl methyl sites for hydroxylation is 2. The van der Waals surface area contributed by atoms with Crippen LogP contribution >= 0.6 is 0 Å². The van der Waals surface area contributed by atoms with Crippen molar-refractivity contribution in [1.82, 2.24) is 4.98 Å². The van der Waals surface area contributed by atoms with E-state index in [9.17, 15) is 13.2 Å². The normalized spacial score (nSPS) is 10.8. The lowest BCUT2D eigenvalue weighted by atomic mass is 10.1. The number of ether oxygens (including phenoxy) is 1. The van der Waals surface area contributed by atoms with Gasteiger partial charge < -0.3 is 9.84 Å². The Kier molecular flexibility index (Phi) is 5.71. The van der Waals surface area contributed by atoms with Crippen LogP contribution in [0.5, 0.6) is 11.6 Å². The zero-order valence-corrected chi connectivity index (χ0v) is 16.9. The van der Waals surface area contributed by atoms with Gasteiger partial charge in [0.1, 0.15) is 17.4 Å². The number of pyridine rings is 1. The second kappa shape index (κ2) is 8.23. The fourth-order valence-corrected chi connectivity index (χ4v) is 4.11. The highest BCUT2D eigenvalue weighted by atomic mass is 32.2. The minimum absolute atomic E-state index is 0.116. The Labute approximate surface area is 173 Å². The SMILES string of the molecule is Cc1cc(Oc2ncccc2C#N)ccc1NS(=O)(=O)c1cc(C(=O)O)ccc1C. The summed E-state index contributed by atoms with van der Waals surface area (Å²) in [5.41, 5.74) is 1.45. The smallest absolute Gasteiger partial charge is 0.335 e. The van der Waals surface area contributed by atoms with Gasteiger partial charge in [0.15, 0.2) is 0 Å². The summed E-state index contributed by atoms with van der Waals surface area (Å²) in [7, 11) is -4.01. The fraction of sp³-hybridized carbons (Fsp3) is 0.0952. The van der Waals surface area contributed by atoms with Gasteiger partial charge in [-0.2, -0.15) is 5.26 Å². The van der Waals surface area contributed by atoms with Crippen molar-refractivity contribution in [1.29, 1.82) is 5.26 Å². The number of sulfonamides is 1. The van der Waals surface area contributed by atoms with Crippen LogP contribution in [0, 0.1) is 25.2 Å². The molecule has 0 amide bonds. The number of aromatic carboxylic acids is 1. The minimum Gasteiger partial charge on any atom is -0.478 e. The first kappa shape index (κ1) is 20.8. The Morgan fingerprint density at radius 3 is 2.57 bits per heavy atom. The molecule has 0 aliphatic carbocycles. The fourth-order valence-electron chi connectivity index (χ4n) is 2.71. The van der Waals surface area contributed by atoms with Crippen molar-refractivity contribution in [2.45, 2.75) is 18.7 Å². The minimum atomic E-state index is -4.01. The number of aromatic nitrogens is 1. The predicted molar refractivity (Wildman–Crippen MR) is 109 cm³/mol. The molecule has 3 aromatic rings. The molecular weight excluding hydrogens is 406 g/mol. The molecule has 0 atom stereocenters. The van der Waals surface area contributed by atoms with Crippen LogP contribution in [0.25, 0.3) is 0 Å². The van der Waals surface area contributed by atoms with E-state index < -0.39 is 16.0 Å². The largest absolute Gasteiger partial charge is 0.478 e. The number of hydrogen-bond acceptors (Lipinski definition) is 6. The van der Waals surface area contributed by atoms with Crippen LogP contribution in [-0.2, 0) is 10.0 Å². The van der Waals surface area contributed by atoms with E-state index in [1.165, 1.54) is 24.4 Å². The maximum Gasteiger partial charge on any atom is 0.335 e. The Hall–Kier alpha value is -3.90. The van der Waals surface area contributed by atoms with Gasteiger partial charge in [0.25, 0.3) is 10.0 Å². The van der Waals surface area contributed by atoms with Gasteiger partial charge in [-0.15, -0.1) is 0 Å². The predicted octanol–water partition coefficient (Wildman–Crippen LogP) is 3.86. The summed E-state index contributed by atoms with van der Waals surface area (Å²) < 4.78 is 33.8. The molecule has 8 nitrogen and oxygen atoms in total. The Morgan fingerprint density at radius 1 is 1.13 bits per heavy atom. The number of hydrogen-bond donors (Lipinski definition) is 2. The van der Waals surface area contributed by atoms with Crippen LogP contribution < -0.4 is 9.46 Å². The van der Waals surface area contributed by atoms with E-state index in [4.69, 9.17) is 15.1 Å². The van der Waals surface area contributed by atoms with E-state index in [0.29, 0.717) is 22.6 Å².